The molecule has 1 aliphatic rings. The molecule has 1 aromatic heterocycles. The second-order valence-electron chi connectivity index (χ2n) is 4.56. The molecule has 0 fully saturated rings. The molecule has 1 aliphatic heterocycles. The summed E-state index contributed by atoms with van der Waals surface area (Å²) in [6.45, 7) is 10.7. The van der Waals surface area contributed by atoms with Gasteiger partial charge < -0.3 is 9.84 Å². The third-order valence-electron chi connectivity index (χ3n) is 2.87. The Balaban J connectivity index is 0.000000771. The number of aryl methyl sites for hydroxylation is 1. The van der Waals surface area contributed by atoms with Gasteiger partial charge >= 0.3 is 0 Å². The van der Waals surface area contributed by atoms with Crippen molar-refractivity contribution < 1.29 is 9.84 Å². The summed E-state index contributed by atoms with van der Waals surface area (Å²) in [6.07, 6.45) is 0.580. The molecule has 1 unspecified atom stereocenters. The van der Waals surface area contributed by atoms with E-state index in [-0.39, 0.29) is 12.7 Å². The van der Waals surface area contributed by atoms with Crippen molar-refractivity contribution in [3.05, 3.63) is 22.8 Å². The first kappa shape index (κ1) is 15.1. The summed E-state index contributed by atoms with van der Waals surface area (Å²) in [4.78, 5) is 8.94. The summed E-state index contributed by atoms with van der Waals surface area (Å²) in [5.74, 6) is 1.19. The summed E-state index contributed by atoms with van der Waals surface area (Å²) in [5, 5.41) is 9.10. The lowest BCUT2D eigenvalue weighted by atomic mass is 9.98. The van der Waals surface area contributed by atoms with E-state index in [4.69, 9.17) is 9.84 Å². The predicted molar refractivity (Wildman–Crippen MR) is 71.6 cm³/mol. The van der Waals surface area contributed by atoms with Gasteiger partial charge in [-0.1, -0.05) is 27.7 Å². The molecule has 0 spiro atoms. The van der Waals surface area contributed by atoms with Gasteiger partial charge in [-0.2, -0.15) is 0 Å². The van der Waals surface area contributed by atoms with Gasteiger partial charge in [0.1, 0.15) is 5.82 Å². The van der Waals surface area contributed by atoms with Crippen molar-refractivity contribution in [3.8, 4) is 0 Å². The van der Waals surface area contributed by atoms with Crippen molar-refractivity contribution in [3.63, 3.8) is 0 Å². The third kappa shape index (κ3) is 3.27. The average molecular weight is 252 g/mol. The lowest BCUT2D eigenvalue weighted by Crippen LogP contribution is -2.28. The van der Waals surface area contributed by atoms with E-state index in [1.165, 1.54) is 0 Å². The molecule has 0 saturated carbocycles. The molecule has 2 rings (SSSR count). The molecule has 1 atom stereocenters. The van der Waals surface area contributed by atoms with Crippen molar-refractivity contribution in [1.82, 2.24) is 9.97 Å². The highest BCUT2D eigenvalue weighted by atomic mass is 16.5. The summed E-state index contributed by atoms with van der Waals surface area (Å²) < 4.78 is 5.55. The van der Waals surface area contributed by atoms with Crippen molar-refractivity contribution in [1.29, 1.82) is 0 Å². The zero-order chi connectivity index (χ0) is 13.7. The van der Waals surface area contributed by atoms with Crippen molar-refractivity contribution >= 4 is 0 Å². The number of aliphatic hydroxyl groups is 1. The highest BCUT2D eigenvalue weighted by Gasteiger charge is 2.24. The van der Waals surface area contributed by atoms with Crippen molar-refractivity contribution in [2.45, 2.75) is 59.7 Å². The number of rotatable bonds is 2. The molecule has 4 heteroatoms. The Morgan fingerprint density at radius 3 is 2.56 bits per heavy atom. The van der Waals surface area contributed by atoms with Crippen LogP contribution < -0.4 is 0 Å². The minimum absolute atomic E-state index is 0.0551. The van der Waals surface area contributed by atoms with Gasteiger partial charge in [-0.25, -0.2) is 9.97 Å². The Morgan fingerprint density at radius 2 is 2.00 bits per heavy atom. The number of aromatic nitrogens is 2. The Labute approximate surface area is 109 Å². The first-order chi connectivity index (χ1) is 8.61. The quantitative estimate of drug-likeness (QED) is 0.878. The molecule has 1 N–H and O–H groups in total. The maximum atomic E-state index is 9.10. The van der Waals surface area contributed by atoms with Crippen LogP contribution in [-0.4, -0.2) is 27.8 Å². The van der Waals surface area contributed by atoms with Crippen LogP contribution in [-0.2, 0) is 17.8 Å². The maximum Gasteiger partial charge on any atom is 0.125 e. The zero-order valence-corrected chi connectivity index (χ0v) is 12.0. The fraction of sp³-hybridized carbons (Fsp3) is 0.714. The van der Waals surface area contributed by atoms with Crippen molar-refractivity contribution in [2.75, 3.05) is 6.61 Å². The topological polar surface area (TPSA) is 55.2 Å². The molecule has 0 bridgehead atoms. The van der Waals surface area contributed by atoms with Crippen LogP contribution in [0.15, 0.2) is 0 Å². The standard InChI is InChI=1S/C12H18N2O2.C2H6/c1-7(2)12-10-6-16-9(5-15)4-11(10)13-8(3)14-12;1-2/h7,9,15H,4-6H2,1-3H3;1-2H3. The first-order valence-corrected chi connectivity index (χ1v) is 6.70. The van der Waals surface area contributed by atoms with Crippen LogP contribution in [0.3, 0.4) is 0 Å². The minimum Gasteiger partial charge on any atom is -0.394 e. The third-order valence-corrected chi connectivity index (χ3v) is 2.87. The smallest absolute Gasteiger partial charge is 0.125 e. The van der Waals surface area contributed by atoms with E-state index >= 15 is 0 Å². The van der Waals surface area contributed by atoms with Gasteiger partial charge in [-0.3, -0.25) is 0 Å². The second-order valence-corrected chi connectivity index (χ2v) is 4.56. The first-order valence-electron chi connectivity index (χ1n) is 6.70. The van der Waals surface area contributed by atoms with Gasteiger partial charge in [-0.05, 0) is 12.8 Å². The van der Waals surface area contributed by atoms with E-state index in [1.807, 2.05) is 20.8 Å². The molecule has 0 saturated heterocycles. The van der Waals surface area contributed by atoms with Crippen LogP contribution in [0.4, 0.5) is 0 Å². The predicted octanol–water partition coefficient (Wildman–Crippen LogP) is 2.37. The Bertz CT molecular complexity index is 392. The molecular weight excluding hydrogens is 228 g/mol. The largest absolute Gasteiger partial charge is 0.394 e. The summed E-state index contributed by atoms with van der Waals surface area (Å²) in [5.41, 5.74) is 3.24. The molecule has 18 heavy (non-hydrogen) atoms. The molecule has 4 nitrogen and oxygen atoms in total. The van der Waals surface area contributed by atoms with Gasteiger partial charge in [0.05, 0.1) is 30.7 Å². The molecule has 0 radical (unpaired) electrons. The van der Waals surface area contributed by atoms with Crippen molar-refractivity contribution in [2.24, 2.45) is 0 Å². The average Bonchev–Trinajstić information content (AvgIpc) is 2.39. The molecule has 0 aromatic carbocycles. The fourth-order valence-electron chi connectivity index (χ4n) is 2.07. The van der Waals surface area contributed by atoms with E-state index in [2.05, 4.69) is 23.8 Å². The molecule has 0 aliphatic carbocycles. The zero-order valence-electron chi connectivity index (χ0n) is 12.0. The highest BCUT2D eigenvalue weighted by molar-refractivity contribution is 5.29. The lowest BCUT2D eigenvalue weighted by molar-refractivity contribution is -0.00895. The van der Waals surface area contributed by atoms with Gasteiger partial charge in [0.2, 0.25) is 0 Å². The Hall–Kier alpha value is -1.00. The fourth-order valence-corrected chi connectivity index (χ4v) is 2.07. The second kappa shape index (κ2) is 6.81. The van der Waals surface area contributed by atoms with E-state index in [0.717, 1.165) is 22.8 Å². The van der Waals surface area contributed by atoms with E-state index < -0.39 is 0 Å². The maximum absolute atomic E-state index is 9.10. The molecular formula is C14H24N2O2. The molecule has 1 aromatic rings. The van der Waals surface area contributed by atoms with Gasteiger partial charge in [0.25, 0.3) is 0 Å². The summed E-state index contributed by atoms with van der Waals surface area (Å²) in [6, 6.07) is 0. The number of hydrogen-bond donors (Lipinski definition) is 1. The number of fused-ring (bicyclic) bond motifs is 1. The number of aliphatic hydroxyl groups excluding tert-OH is 1. The SMILES string of the molecule is CC.Cc1nc2c(c(C(C)C)n1)COC(CO)C2. The monoisotopic (exact) mass is 252 g/mol. The van der Waals surface area contributed by atoms with Gasteiger partial charge in [-0.15, -0.1) is 0 Å². The number of ether oxygens (including phenoxy) is 1. The summed E-state index contributed by atoms with van der Waals surface area (Å²) in [7, 11) is 0. The number of nitrogens with zero attached hydrogens (tertiary/aromatic N) is 2. The molecule has 2 heterocycles. The lowest BCUT2D eigenvalue weighted by Gasteiger charge is -2.25. The highest BCUT2D eigenvalue weighted by Crippen LogP contribution is 2.26. The van der Waals surface area contributed by atoms with Crippen LogP contribution in [0, 0.1) is 6.92 Å². The Kier molecular flexibility index (Phi) is 5.69. The van der Waals surface area contributed by atoms with Gasteiger partial charge in [0.15, 0.2) is 0 Å². The van der Waals surface area contributed by atoms with E-state index in [1.54, 1.807) is 0 Å². The van der Waals surface area contributed by atoms with Crippen LogP contribution >= 0.6 is 0 Å². The number of hydrogen-bond acceptors (Lipinski definition) is 4. The molecule has 102 valence electrons. The minimum atomic E-state index is -0.109. The molecule has 0 amide bonds. The van der Waals surface area contributed by atoms with Gasteiger partial charge in [0, 0.05) is 12.0 Å². The van der Waals surface area contributed by atoms with Crippen LogP contribution in [0.5, 0.6) is 0 Å². The van der Waals surface area contributed by atoms with E-state index in [0.29, 0.717) is 18.9 Å². The van der Waals surface area contributed by atoms with Crippen LogP contribution in [0.25, 0.3) is 0 Å². The van der Waals surface area contributed by atoms with Crippen LogP contribution in [0.1, 0.15) is 56.4 Å². The normalized spacial score (nSPS) is 18.1. The van der Waals surface area contributed by atoms with E-state index in [9.17, 15) is 0 Å². The van der Waals surface area contributed by atoms with Crippen LogP contribution in [0.2, 0.25) is 0 Å². The Morgan fingerprint density at radius 1 is 1.33 bits per heavy atom. The summed E-state index contributed by atoms with van der Waals surface area (Å²) >= 11 is 0.